The van der Waals surface area contributed by atoms with Gasteiger partial charge in [0.1, 0.15) is 11.0 Å². The Hall–Kier alpha value is -4.63. The van der Waals surface area contributed by atoms with Crippen LogP contribution in [0.3, 0.4) is 0 Å². The first-order valence-corrected chi connectivity index (χ1v) is 13.1. The first-order chi connectivity index (χ1) is 18.8. The van der Waals surface area contributed by atoms with Gasteiger partial charge in [-0.3, -0.25) is 19.5 Å². The maximum Gasteiger partial charge on any atom is 0.338 e. The number of aliphatic hydroxyl groups is 1. The summed E-state index contributed by atoms with van der Waals surface area (Å²) in [6, 6.07) is 19.9. The van der Waals surface area contributed by atoms with E-state index in [1.54, 1.807) is 69.4 Å². The van der Waals surface area contributed by atoms with Crippen molar-refractivity contribution >= 4 is 34.7 Å². The molecular weight excluding hydrogens is 514 g/mol. The van der Waals surface area contributed by atoms with Crippen LogP contribution in [0.5, 0.6) is 0 Å². The maximum atomic E-state index is 14.0. The van der Waals surface area contributed by atoms with Gasteiger partial charge >= 0.3 is 5.97 Å². The number of carbonyl (C=O) groups excluding carboxylic acids is 3. The molecule has 9 heteroatoms. The minimum Gasteiger partial charge on any atom is -0.503 e. The van der Waals surface area contributed by atoms with Crippen LogP contribution in [0.25, 0.3) is 10.6 Å². The van der Waals surface area contributed by atoms with E-state index in [1.807, 2.05) is 30.3 Å². The minimum atomic E-state index is -0.985. The predicted octanol–water partition coefficient (Wildman–Crippen LogP) is 5.86. The lowest BCUT2D eigenvalue weighted by Gasteiger charge is -2.26. The number of hydrogen-bond acceptors (Lipinski definition) is 8. The Labute approximate surface area is 229 Å². The van der Waals surface area contributed by atoms with Crippen LogP contribution in [0.2, 0.25) is 0 Å². The average molecular weight is 540 g/mol. The van der Waals surface area contributed by atoms with Gasteiger partial charge in [0.05, 0.1) is 33.5 Å². The van der Waals surface area contributed by atoms with Gasteiger partial charge in [-0.1, -0.05) is 36.4 Å². The molecule has 39 heavy (non-hydrogen) atoms. The van der Waals surface area contributed by atoms with Crippen molar-refractivity contribution in [2.45, 2.75) is 32.9 Å². The summed E-state index contributed by atoms with van der Waals surface area (Å²) < 4.78 is 5.25. The number of aliphatic hydroxyl groups excluding tert-OH is 1. The molecule has 1 N–H and O–H groups in total. The number of ketones is 1. The lowest BCUT2D eigenvalue weighted by atomic mass is 9.98. The van der Waals surface area contributed by atoms with Gasteiger partial charge in [-0.15, -0.1) is 11.3 Å². The van der Waals surface area contributed by atoms with E-state index in [0.717, 1.165) is 5.56 Å². The van der Waals surface area contributed by atoms with Crippen molar-refractivity contribution in [3.8, 4) is 10.6 Å². The normalized spacial score (nSPS) is 15.2. The molecule has 0 fully saturated rings. The molecule has 8 nitrogen and oxygen atoms in total. The van der Waals surface area contributed by atoms with Gasteiger partial charge in [0.2, 0.25) is 5.78 Å². The van der Waals surface area contributed by atoms with Crippen LogP contribution in [0, 0.1) is 6.92 Å². The number of carbonyl (C=O) groups is 3. The number of esters is 1. The number of nitrogens with zero attached hydrogens (tertiary/aromatic N) is 3. The van der Waals surface area contributed by atoms with Gasteiger partial charge in [-0.2, -0.15) is 0 Å². The highest BCUT2D eigenvalue weighted by molar-refractivity contribution is 7.17. The largest absolute Gasteiger partial charge is 0.503 e. The summed E-state index contributed by atoms with van der Waals surface area (Å²) in [7, 11) is 0. The second-order valence-corrected chi connectivity index (χ2v) is 10.2. The van der Waals surface area contributed by atoms with E-state index in [4.69, 9.17) is 4.74 Å². The van der Waals surface area contributed by atoms with E-state index in [9.17, 15) is 19.5 Å². The molecule has 1 aliphatic heterocycles. The van der Waals surface area contributed by atoms with Gasteiger partial charge in [0, 0.05) is 17.4 Å². The van der Waals surface area contributed by atoms with Crippen LogP contribution in [0.4, 0.5) is 5.69 Å². The van der Waals surface area contributed by atoms with Crippen molar-refractivity contribution in [1.29, 1.82) is 0 Å². The third kappa shape index (κ3) is 4.96. The monoisotopic (exact) mass is 539 g/mol. The first kappa shape index (κ1) is 26.0. The van der Waals surface area contributed by atoms with Crippen LogP contribution in [-0.2, 0) is 9.53 Å². The average Bonchev–Trinajstić information content (AvgIpc) is 3.46. The van der Waals surface area contributed by atoms with Crippen LogP contribution < -0.4 is 4.90 Å². The van der Waals surface area contributed by atoms with Crippen molar-refractivity contribution in [1.82, 2.24) is 9.97 Å². The SMILES string of the molecule is Cc1nc(-c2ccccc2)sc1C(=O)C1=C(O)C(=O)N(c2ccc(C(=O)OC(C)C)cc2)C1c1ccccn1. The highest BCUT2D eigenvalue weighted by Gasteiger charge is 2.46. The van der Waals surface area contributed by atoms with Gasteiger partial charge in [0.25, 0.3) is 5.91 Å². The number of pyridine rings is 1. The number of ether oxygens (including phenoxy) is 1. The maximum absolute atomic E-state index is 14.0. The van der Waals surface area contributed by atoms with Crippen molar-refractivity contribution < 1.29 is 24.2 Å². The van der Waals surface area contributed by atoms with Crippen LogP contribution in [0.1, 0.15) is 51.3 Å². The first-order valence-electron chi connectivity index (χ1n) is 12.3. The van der Waals surface area contributed by atoms with E-state index in [0.29, 0.717) is 32.5 Å². The number of Topliss-reactive ketones (excluding diaryl/α,β-unsaturated/α-hetero) is 1. The Morgan fingerprint density at radius 3 is 2.33 bits per heavy atom. The molecule has 0 bridgehead atoms. The number of rotatable bonds is 7. The fourth-order valence-corrected chi connectivity index (χ4v) is 5.42. The molecule has 0 saturated heterocycles. The van der Waals surface area contributed by atoms with Gasteiger partial charge < -0.3 is 9.84 Å². The number of aromatic nitrogens is 2. The molecule has 5 rings (SSSR count). The fourth-order valence-electron chi connectivity index (χ4n) is 4.39. The smallest absolute Gasteiger partial charge is 0.338 e. The highest BCUT2D eigenvalue weighted by atomic mass is 32.1. The predicted molar refractivity (Wildman–Crippen MR) is 148 cm³/mol. The summed E-state index contributed by atoms with van der Waals surface area (Å²) in [5.41, 5.74) is 2.40. The Balaban J connectivity index is 1.55. The molecule has 3 heterocycles. The van der Waals surface area contributed by atoms with E-state index < -0.39 is 29.5 Å². The summed E-state index contributed by atoms with van der Waals surface area (Å²) in [6.07, 6.45) is 1.28. The number of hydrogen-bond donors (Lipinski definition) is 1. The van der Waals surface area contributed by atoms with E-state index in [2.05, 4.69) is 9.97 Å². The molecule has 4 aromatic rings. The molecule has 2 aromatic heterocycles. The zero-order valence-electron chi connectivity index (χ0n) is 21.5. The standard InChI is InChI=1S/C30H25N3O5S/c1-17(2)38-30(37)20-12-14-21(15-13-20)33-24(22-11-7-8-16-31-22)23(26(35)29(33)36)25(34)27-18(3)32-28(39-27)19-9-5-4-6-10-19/h4-17,24,35H,1-3H3. The summed E-state index contributed by atoms with van der Waals surface area (Å²) in [4.78, 5) is 50.3. The molecule has 1 atom stereocenters. The van der Waals surface area contributed by atoms with Crippen molar-refractivity contribution in [2.75, 3.05) is 4.90 Å². The van der Waals surface area contributed by atoms with Crippen LogP contribution in [0.15, 0.2) is 90.3 Å². The lowest BCUT2D eigenvalue weighted by molar-refractivity contribution is -0.117. The Morgan fingerprint density at radius 1 is 1.00 bits per heavy atom. The Bertz CT molecular complexity index is 1580. The molecular formula is C30H25N3O5S. The number of amides is 1. The molecule has 0 spiro atoms. The van der Waals surface area contributed by atoms with Crippen molar-refractivity contribution in [3.63, 3.8) is 0 Å². The van der Waals surface area contributed by atoms with Crippen molar-refractivity contribution in [2.24, 2.45) is 0 Å². The number of anilines is 1. The topological polar surface area (TPSA) is 110 Å². The number of aryl methyl sites for hydroxylation is 1. The number of benzene rings is 2. The summed E-state index contributed by atoms with van der Waals surface area (Å²) >= 11 is 1.21. The third-order valence-corrected chi connectivity index (χ3v) is 7.37. The van der Waals surface area contributed by atoms with E-state index in [1.165, 1.54) is 16.2 Å². The van der Waals surface area contributed by atoms with Gasteiger partial charge in [-0.25, -0.2) is 9.78 Å². The number of thiazole rings is 1. The van der Waals surface area contributed by atoms with Crippen LogP contribution in [-0.4, -0.2) is 38.8 Å². The summed E-state index contributed by atoms with van der Waals surface area (Å²) in [5.74, 6) is -2.37. The highest BCUT2D eigenvalue weighted by Crippen LogP contribution is 2.42. The fraction of sp³-hybridized carbons (Fsp3) is 0.167. The summed E-state index contributed by atoms with van der Waals surface area (Å²) in [5, 5.41) is 11.7. The molecule has 2 aromatic carbocycles. The quantitative estimate of drug-likeness (QED) is 0.231. The minimum absolute atomic E-state index is 0.0756. The lowest BCUT2D eigenvalue weighted by Crippen LogP contribution is -2.31. The molecule has 1 unspecified atom stereocenters. The molecule has 0 aliphatic carbocycles. The molecule has 0 radical (unpaired) electrons. The molecule has 1 amide bonds. The van der Waals surface area contributed by atoms with E-state index in [-0.39, 0.29) is 11.7 Å². The molecule has 0 saturated carbocycles. The van der Waals surface area contributed by atoms with Gasteiger partial charge in [0.15, 0.2) is 5.76 Å². The van der Waals surface area contributed by atoms with Gasteiger partial charge in [-0.05, 0) is 57.2 Å². The second kappa shape index (κ2) is 10.6. The van der Waals surface area contributed by atoms with Crippen molar-refractivity contribution in [3.05, 3.63) is 112 Å². The molecule has 1 aliphatic rings. The summed E-state index contributed by atoms with van der Waals surface area (Å²) in [6.45, 7) is 5.24. The third-order valence-electron chi connectivity index (χ3n) is 6.17. The Morgan fingerprint density at radius 2 is 1.69 bits per heavy atom. The Kier molecular flexibility index (Phi) is 7.08. The van der Waals surface area contributed by atoms with E-state index >= 15 is 0 Å². The van der Waals surface area contributed by atoms with Crippen LogP contribution >= 0.6 is 11.3 Å². The second-order valence-electron chi connectivity index (χ2n) is 9.22. The zero-order chi connectivity index (χ0) is 27.7. The molecule has 196 valence electrons. The zero-order valence-corrected chi connectivity index (χ0v) is 22.3.